The summed E-state index contributed by atoms with van der Waals surface area (Å²) in [5.41, 5.74) is 7.95. The normalized spacial score (nSPS) is 14.8. The zero-order chi connectivity index (χ0) is 13.0. The van der Waals surface area contributed by atoms with E-state index in [1.165, 1.54) is 11.1 Å². The Morgan fingerprint density at radius 2 is 2.39 bits per heavy atom. The molecule has 0 saturated heterocycles. The molecule has 2 rings (SSSR count). The quantitative estimate of drug-likeness (QED) is 0.813. The van der Waals surface area contributed by atoms with Crippen LogP contribution < -0.4 is 15.8 Å². The standard InChI is InChI=1S/C14H20N2O2/c1-10(9-15)14(17)16-6-4-11-2-3-13-12(8-11)5-7-18-13/h2-3,8,10H,4-7,9,15H2,1H3,(H,16,17). The molecule has 1 aromatic rings. The molecule has 1 aliphatic rings. The Hall–Kier alpha value is -1.55. The summed E-state index contributed by atoms with van der Waals surface area (Å²) in [7, 11) is 0. The second-order valence-electron chi connectivity index (χ2n) is 4.72. The maximum absolute atomic E-state index is 11.5. The Bertz CT molecular complexity index is 432. The van der Waals surface area contributed by atoms with E-state index in [0.717, 1.165) is 25.2 Å². The molecule has 98 valence electrons. The lowest BCUT2D eigenvalue weighted by Gasteiger charge is -2.10. The SMILES string of the molecule is CC(CN)C(=O)NCCc1ccc2c(c1)CCO2. The van der Waals surface area contributed by atoms with E-state index in [1.807, 2.05) is 13.0 Å². The summed E-state index contributed by atoms with van der Waals surface area (Å²) in [6.45, 7) is 3.66. The van der Waals surface area contributed by atoms with E-state index in [1.54, 1.807) is 0 Å². The topological polar surface area (TPSA) is 64.4 Å². The molecule has 1 unspecified atom stereocenters. The monoisotopic (exact) mass is 248 g/mol. The molecule has 0 aromatic heterocycles. The molecule has 0 spiro atoms. The largest absolute Gasteiger partial charge is 0.493 e. The Morgan fingerprint density at radius 3 is 3.17 bits per heavy atom. The molecule has 0 aliphatic carbocycles. The van der Waals surface area contributed by atoms with Gasteiger partial charge in [-0.25, -0.2) is 0 Å². The summed E-state index contributed by atoms with van der Waals surface area (Å²) in [5.74, 6) is 0.917. The van der Waals surface area contributed by atoms with Crippen molar-refractivity contribution in [3.05, 3.63) is 29.3 Å². The van der Waals surface area contributed by atoms with Crippen LogP contribution in [-0.2, 0) is 17.6 Å². The first-order valence-electron chi connectivity index (χ1n) is 6.43. The Labute approximate surface area is 108 Å². The summed E-state index contributed by atoms with van der Waals surface area (Å²) in [5, 5.41) is 2.90. The Morgan fingerprint density at radius 1 is 1.56 bits per heavy atom. The van der Waals surface area contributed by atoms with E-state index < -0.39 is 0 Å². The summed E-state index contributed by atoms with van der Waals surface area (Å²) in [6, 6.07) is 6.24. The maximum Gasteiger partial charge on any atom is 0.224 e. The number of benzene rings is 1. The van der Waals surface area contributed by atoms with Gasteiger partial charge in [0.2, 0.25) is 5.91 Å². The van der Waals surface area contributed by atoms with Gasteiger partial charge in [0.05, 0.1) is 6.61 Å². The van der Waals surface area contributed by atoms with Gasteiger partial charge in [-0.3, -0.25) is 4.79 Å². The molecule has 1 heterocycles. The molecular weight excluding hydrogens is 228 g/mol. The number of amides is 1. The highest BCUT2D eigenvalue weighted by Gasteiger charge is 2.12. The van der Waals surface area contributed by atoms with Gasteiger partial charge in [0.15, 0.2) is 0 Å². The van der Waals surface area contributed by atoms with Crippen molar-refractivity contribution in [2.24, 2.45) is 11.7 Å². The van der Waals surface area contributed by atoms with Crippen molar-refractivity contribution in [2.45, 2.75) is 19.8 Å². The first-order valence-corrected chi connectivity index (χ1v) is 6.43. The molecule has 4 heteroatoms. The van der Waals surface area contributed by atoms with E-state index in [-0.39, 0.29) is 11.8 Å². The third-order valence-electron chi connectivity index (χ3n) is 3.27. The van der Waals surface area contributed by atoms with Gasteiger partial charge in [-0.1, -0.05) is 19.1 Å². The summed E-state index contributed by atoms with van der Waals surface area (Å²) < 4.78 is 5.46. The second-order valence-corrected chi connectivity index (χ2v) is 4.72. The smallest absolute Gasteiger partial charge is 0.224 e. The second kappa shape index (κ2) is 5.87. The van der Waals surface area contributed by atoms with Crippen molar-refractivity contribution in [1.82, 2.24) is 5.32 Å². The number of fused-ring (bicyclic) bond motifs is 1. The lowest BCUT2D eigenvalue weighted by atomic mass is 10.1. The van der Waals surface area contributed by atoms with Crippen LogP contribution in [0.15, 0.2) is 18.2 Å². The third kappa shape index (κ3) is 3.01. The number of rotatable bonds is 5. The van der Waals surface area contributed by atoms with Crippen LogP contribution in [0.1, 0.15) is 18.1 Å². The van der Waals surface area contributed by atoms with Gasteiger partial charge in [0, 0.05) is 25.4 Å². The summed E-state index contributed by atoms with van der Waals surface area (Å²) in [6.07, 6.45) is 1.83. The van der Waals surface area contributed by atoms with E-state index in [4.69, 9.17) is 10.5 Å². The minimum atomic E-state index is -0.113. The van der Waals surface area contributed by atoms with E-state index in [2.05, 4.69) is 17.4 Å². The predicted molar refractivity (Wildman–Crippen MR) is 70.6 cm³/mol. The van der Waals surface area contributed by atoms with Gasteiger partial charge >= 0.3 is 0 Å². The number of nitrogens with two attached hydrogens (primary N) is 1. The molecule has 0 saturated carbocycles. The van der Waals surface area contributed by atoms with Crippen molar-refractivity contribution in [1.29, 1.82) is 0 Å². The maximum atomic E-state index is 11.5. The highest BCUT2D eigenvalue weighted by atomic mass is 16.5. The number of carbonyl (C=O) groups is 1. The third-order valence-corrected chi connectivity index (χ3v) is 3.27. The number of hydrogen-bond donors (Lipinski definition) is 2. The lowest BCUT2D eigenvalue weighted by Crippen LogP contribution is -2.34. The van der Waals surface area contributed by atoms with Gasteiger partial charge in [-0.2, -0.15) is 0 Å². The fourth-order valence-electron chi connectivity index (χ4n) is 2.01. The van der Waals surface area contributed by atoms with E-state index in [9.17, 15) is 4.79 Å². The molecule has 3 N–H and O–H groups in total. The van der Waals surface area contributed by atoms with Crippen LogP contribution in [0.2, 0.25) is 0 Å². The molecule has 1 aliphatic heterocycles. The van der Waals surface area contributed by atoms with Crippen LogP contribution in [0.25, 0.3) is 0 Å². The van der Waals surface area contributed by atoms with E-state index in [0.29, 0.717) is 13.1 Å². The molecular formula is C14H20N2O2. The molecule has 0 bridgehead atoms. The number of hydrogen-bond acceptors (Lipinski definition) is 3. The van der Waals surface area contributed by atoms with Gasteiger partial charge in [0.25, 0.3) is 0 Å². The number of carbonyl (C=O) groups excluding carboxylic acids is 1. The zero-order valence-corrected chi connectivity index (χ0v) is 10.7. The van der Waals surface area contributed by atoms with Crippen LogP contribution in [0.5, 0.6) is 5.75 Å². The van der Waals surface area contributed by atoms with Crippen LogP contribution >= 0.6 is 0 Å². The molecule has 1 atom stereocenters. The van der Waals surface area contributed by atoms with Crippen molar-refractivity contribution >= 4 is 5.91 Å². The van der Waals surface area contributed by atoms with Crippen LogP contribution in [0, 0.1) is 5.92 Å². The van der Waals surface area contributed by atoms with E-state index >= 15 is 0 Å². The Balaban J connectivity index is 1.82. The molecule has 18 heavy (non-hydrogen) atoms. The average Bonchev–Trinajstić information content (AvgIpc) is 2.85. The first-order chi connectivity index (χ1) is 8.70. The highest BCUT2D eigenvalue weighted by molar-refractivity contribution is 5.78. The molecule has 0 radical (unpaired) electrons. The molecule has 0 fully saturated rings. The van der Waals surface area contributed by atoms with Crippen LogP contribution in [0.3, 0.4) is 0 Å². The van der Waals surface area contributed by atoms with Crippen molar-refractivity contribution in [3.63, 3.8) is 0 Å². The van der Waals surface area contributed by atoms with Crippen LogP contribution in [-0.4, -0.2) is 25.6 Å². The minimum absolute atomic E-state index is 0.0296. The zero-order valence-electron chi connectivity index (χ0n) is 10.7. The molecule has 4 nitrogen and oxygen atoms in total. The first kappa shape index (κ1) is 12.9. The van der Waals surface area contributed by atoms with Crippen molar-refractivity contribution < 1.29 is 9.53 Å². The number of ether oxygens (including phenoxy) is 1. The van der Waals surface area contributed by atoms with Crippen molar-refractivity contribution in [2.75, 3.05) is 19.7 Å². The fourth-order valence-corrected chi connectivity index (χ4v) is 2.01. The summed E-state index contributed by atoms with van der Waals surface area (Å²) in [4.78, 5) is 11.5. The van der Waals surface area contributed by atoms with Gasteiger partial charge in [-0.15, -0.1) is 0 Å². The van der Waals surface area contributed by atoms with Crippen molar-refractivity contribution in [3.8, 4) is 5.75 Å². The Kier molecular flexibility index (Phi) is 4.20. The van der Waals surface area contributed by atoms with Crippen LogP contribution in [0.4, 0.5) is 0 Å². The molecule has 1 amide bonds. The highest BCUT2D eigenvalue weighted by Crippen LogP contribution is 2.25. The van der Waals surface area contributed by atoms with Gasteiger partial charge in [-0.05, 0) is 23.6 Å². The molecule has 1 aromatic carbocycles. The average molecular weight is 248 g/mol. The minimum Gasteiger partial charge on any atom is -0.493 e. The summed E-state index contributed by atoms with van der Waals surface area (Å²) >= 11 is 0. The number of nitrogens with one attached hydrogen (secondary N) is 1. The van der Waals surface area contributed by atoms with Gasteiger partial charge in [0.1, 0.15) is 5.75 Å². The van der Waals surface area contributed by atoms with Gasteiger partial charge < -0.3 is 15.8 Å². The fraction of sp³-hybridized carbons (Fsp3) is 0.500. The lowest BCUT2D eigenvalue weighted by molar-refractivity contribution is -0.124. The predicted octanol–water partition coefficient (Wildman–Crippen LogP) is 0.875.